The van der Waals surface area contributed by atoms with Gasteiger partial charge in [-0.1, -0.05) is 25.4 Å². The Morgan fingerprint density at radius 1 is 1.33 bits per heavy atom. The number of alkyl halides is 2. The van der Waals surface area contributed by atoms with E-state index >= 15 is 0 Å². The average Bonchev–Trinajstić information content (AvgIpc) is 1.82. The molecule has 0 aromatic rings. The van der Waals surface area contributed by atoms with Crippen LogP contribution in [0.1, 0.15) is 26.7 Å². The van der Waals surface area contributed by atoms with Gasteiger partial charge in [-0.05, 0) is 24.3 Å². The van der Waals surface area contributed by atoms with Gasteiger partial charge in [-0.25, -0.2) is 0 Å². The summed E-state index contributed by atoms with van der Waals surface area (Å²) in [5, 5.41) is 1.02. The van der Waals surface area contributed by atoms with Crippen LogP contribution in [0.4, 0.5) is 0 Å². The summed E-state index contributed by atoms with van der Waals surface area (Å²) in [6, 6.07) is 0. The molecule has 1 aliphatic carbocycles. The molecule has 0 fully saturated rings. The van der Waals surface area contributed by atoms with Crippen molar-refractivity contribution in [2.75, 3.05) is 0 Å². The molecule has 70 valence electrons. The third-order valence-electron chi connectivity index (χ3n) is 2.14. The lowest BCUT2D eigenvalue weighted by Gasteiger charge is -2.27. The van der Waals surface area contributed by atoms with Gasteiger partial charge in [0.1, 0.15) is 0 Å². The van der Waals surface area contributed by atoms with Gasteiger partial charge >= 0.3 is 0 Å². The quantitative estimate of drug-likeness (QED) is 0.591. The molecule has 1 aliphatic rings. The van der Waals surface area contributed by atoms with Crippen LogP contribution in [0, 0.1) is 5.92 Å². The Kier molecular flexibility index (Phi) is 3.75. The van der Waals surface area contributed by atoms with E-state index in [2.05, 4.69) is 13.8 Å². The lowest BCUT2D eigenvalue weighted by molar-refractivity contribution is 0.624. The standard InChI is InChI=1S/C9H13Cl3/c1-5(2)9-7(11)3-6(10)4-8(9)12/h5-7H,3-4H2,1-2H3/t6?,7-/m1/s1. The van der Waals surface area contributed by atoms with Crippen molar-refractivity contribution in [3.05, 3.63) is 10.6 Å². The van der Waals surface area contributed by atoms with Crippen molar-refractivity contribution < 1.29 is 0 Å². The second-order valence-electron chi connectivity index (χ2n) is 3.52. The minimum atomic E-state index is 0.0359. The van der Waals surface area contributed by atoms with Crippen LogP contribution in [0.3, 0.4) is 0 Å². The van der Waals surface area contributed by atoms with E-state index in [9.17, 15) is 0 Å². The third-order valence-corrected chi connectivity index (χ3v) is 3.25. The van der Waals surface area contributed by atoms with Gasteiger partial charge in [0.25, 0.3) is 0 Å². The van der Waals surface area contributed by atoms with E-state index in [0.29, 0.717) is 5.92 Å². The first-order valence-electron chi connectivity index (χ1n) is 4.19. The summed E-state index contributed by atoms with van der Waals surface area (Å²) in [5.74, 6) is 0.434. The Morgan fingerprint density at radius 3 is 2.33 bits per heavy atom. The van der Waals surface area contributed by atoms with Crippen LogP contribution in [0.15, 0.2) is 10.6 Å². The van der Waals surface area contributed by atoms with Crippen LogP contribution in [-0.2, 0) is 0 Å². The van der Waals surface area contributed by atoms with E-state index in [4.69, 9.17) is 34.8 Å². The van der Waals surface area contributed by atoms with Crippen molar-refractivity contribution in [3.63, 3.8) is 0 Å². The Bertz CT molecular complexity index is 196. The maximum absolute atomic E-state index is 6.14. The molecule has 1 unspecified atom stereocenters. The molecule has 0 aliphatic heterocycles. The lowest BCUT2D eigenvalue weighted by atomic mass is 9.90. The Balaban J connectivity index is 2.85. The summed E-state index contributed by atoms with van der Waals surface area (Å²) in [7, 11) is 0. The van der Waals surface area contributed by atoms with Gasteiger partial charge in [-0.2, -0.15) is 0 Å². The number of hydrogen-bond donors (Lipinski definition) is 0. The third kappa shape index (κ3) is 2.31. The maximum atomic E-state index is 6.14. The molecule has 0 N–H and O–H groups in total. The molecule has 3 heteroatoms. The van der Waals surface area contributed by atoms with Gasteiger partial charge < -0.3 is 0 Å². The Labute approximate surface area is 88.9 Å². The van der Waals surface area contributed by atoms with Gasteiger partial charge in [0.15, 0.2) is 0 Å². The van der Waals surface area contributed by atoms with E-state index < -0.39 is 0 Å². The molecule has 12 heavy (non-hydrogen) atoms. The van der Waals surface area contributed by atoms with Crippen LogP contribution < -0.4 is 0 Å². The molecule has 0 nitrogen and oxygen atoms in total. The minimum Gasteiger partial charge on any atom is -0.123 e. The fourth-order valence-corrected chi connectivity index (χ4v) is 3.29. The molecule has 0 amide bonds. The van der Waals surface area contributed by atoms with Gasteiger partial charge in [-0.3, -0.25) is 0 Å². The first kappa shape index (κ1) is 10.7. The van der Waals surface area contributed by atoms with Crippen molar-refractivity contribution in [2.45, 2.75) is 37.4 Å². The normalized spacial score (nSPS) is 31.5. The predicted octanol–water partition coefficient (Wildman–Crippen LogP) is 4.14. The minimum absolute atomic E-state index is 0.0359. The van der Waals surface area contributed by atoms with Crippen molar-refractivity contribution in [1.82, 2.24) is 0 Å². The molecule has 0 aromatic heterocycles. The Hall–Kier alpha value is 0.610. The first-order valence-corrected chi connectivity index (χ1v) is 5.44. The summed E-state index contributed by atoms with van der Waals surface area (Å²) in [6.45, 7) is 4.23. The fraction of sp³-hybridized carbons (Fsp3) is 0.778. The van der Waals surface area contributed by atoms with Gasteiger partial charge in [0.05, 0.1) is 5.38 Å². The van der Waals surface area contributed by atoms with E-state index in [-0.39, 0.29) is 10.8 Å². The fourth-order valence-electron chi connectivity index (χ4n) is 1.59. The second kappa shape index (κ2) is 4.21. The van der Waals surface area contributed by atoms with Crippen LogP contribution in [0.25, 0.3) is 0 Å². The zero-order chi connectivity index (χ0) is 9.30. The molecule has 2 atom stereocenters. The molecule has 0 saturated carbocycles. The number of hydrogen-bond acceptors (Lipinski definition) is 0. The van der Waals surface area contributed by atoms with E-state index in [1.807, 2.05) is 0 Å². The average molecular weight is 228 g/mol. The molecule has 1 rings (SSSR count). The molecule has 0 saturated heterocycles. The smallest absolute Gasteiger partial charge is 0.0576 e. The van der Waals surface area contributed by atoms with Gasteiger partial charge in [0.2, 0.25) is 0 Å². The van der Waals surface area contributed by atoms with E-state index in [0.717, 1.165) is 17.9 Å². The van der Waals surface area contributed by atoms with Crippen LogP contribution >= 0.6 is 34.8 Å². The van der Waals surface area contributed by atoms with Gasteiger partial charge in [0, 0.05) is 10.4 Å². The largest absolute Gasteiger partial charge is 0.123 e. The van der Waals surface area contributed by atoms with Crippen LogP contribution in [-0.4, -0.2) is 10.8 Å². The summed E-state index contributed by atoms with van der Waals surface area (Å²) in [6.07, 6.45) is 1.62. The Morgan fingerprint density at radius 2 is 1.92 bits per heavy atom. The molecule has 0 aromatic carbocycles. The zero-order valence-corrected chi connectivity index (χ0v) is 9.55. The van der Waals surface area contributed by atoms with E-state index in [1.165, 1.54) is 5.57 Å². The van der Waals surface area contributed by atoms with Crippen molar-refractivity contribution in [2.24, 2.45) is 5.92 Å². The highest BCUT2D eigenvalue weighted by molar-refractivity contribution is 6.33. The lowest BCUT2D eigenvalue weighted by Crippen LogP contribution is -2.21. The summed E-state index contributed by atoms with van der Waals surface area (Å²) >= 11 is 18.2. The van der Waals surface area contributed by atoms with E-state index in [1.54, 1.807) is 0 Å². The number of allylic oxidation sites excluding steroid dienone is 2. The van der Waals surface area contributed by atoms with Crippen LogP contribution in [0.5, 0.6) is 0 Å². The molecule has 0 spiro atoms. The van der Waals surface area contributed by atoms with Gasteiger partial charge in [-0.15, -0.1) is 23.2 Å². The van der Waals surface area contributed by atoms with Crippen LogP contribution in [0.2, 0.25) is 0 Å². The zero-order valence-electron chi connectivity index (χ0n) is 7.28. The summed E-state index contributed by atoms with van der Waals surface area (Å²) < 4.78 is 0. The number of halogens is 3. The molecule has 0 radical (unpaired) electrons. The molecular weight excluding hydrogens is 214 g/mol. The molecule has 0 heterocycles. The van der Waals surface area contributed by atoms with Crippen molar-refractivity contribution >= 4 is 34.8 Å². The highest BCUT2D eigenvalue weighted by Crippen LogP contribution is 2.37. The molecule has 0 bridgehead atoms. The summed E-state index contributed by atoms with van der Waals surface area (Å²) in [5.41, 5.74) is 1.18. The highest BCUT2D eigenvalue weighted by Gasteiger charge is 2.27. The van der Waals surface area contributed by atoms with Crippen molar-refractivity contribution in [3.8, 4) is 0 Å². The highest BCUT2D eigenvalue weighted by atomic mass is 35.5. The second-order valence-corrected chi connectivity index (χ2v) is 5.12. The SMILES string of the molecule is CC(C)C1=C(Cl)CC(Cl)C[C@H]1Cl. The molecular formula is C9H13Cl3. The number of rotatable bonds is 1. The maximum Gasteiger partial charge on any atom is 0.0576 e. The first-order chi connectivity index (χ1) is 5.52. The monoisotopic (exact) mass is 226 g/mol. The predicted molar refractivity (Wildman–Crippen MR) is 56.2 cm³/mol. The van der Waals surface area contributed by atoms with Crippen molar-refractivity contribution in [1.29, 1.82) is 0 Å². The summed E-state index contributed by atoms with van der Waals surface area (Å²) in [4.78, 5) is 0. The topological polar surface area (TPSA) is 0 Å².